The van der Waals surface area contributed by atoms with Crippen LogP contribution in [0, 0.1) is 10.8 Å². The van der Waals surface area contributed by atoms with E-state index in [9.17, 15) is 0 Å². The van der Waals surface area contributed by atoms with Gasteiger partial charge < -0.3 is 0 Å². The van der Waals surface area contributed by atoms with Crippen LogP contribution in [0.1, 0.15) is 20.8 Å². The number of rotatable bonds is 0. The van der Waals surface area contributed by atoms with Crippen molar-refractivity contribution in [2.75, 3.05) is 0 Å². The molecule has 0 rings (SSSR count). The van der Waals surface area contributed by atoms with E-state index in [0.717, 1.165) is 0 Å². The molecule has 0 aromatic rings. The summed E-state index contributed by atoms with van der Waals surface area (Å²) in [6.45, 7) is 9.06. The molecular formula is C6H12N2. The zero-order valence-corrected chi connectivity index (χ0v) is 5.65. The Balaban J connectivity index is 4.02. The average molecular weight is 112 g/mol. The molecule has 0 aliphatic carbocycles. The van der Waals surface area contributed by atoms with Crippen molar-refractivity contribution in [3.8, 4) is 0 Å². The Morgan fingerprint density at radius 3 is 1.88 bits per heavy atom. The molecule has 2 nitrogen and oxygen atoms in total. The highest BCUT2D eigenvalue weighted by Gasteiger charge is 2.14. The highest BCUT2D eigenvalue weighted by atomic mass is 14.8. The van der Waals surface area contributed by atoms with Crippen LogP contribution in [0.5, 0.6) is 0 Å². The van der Waals surface area contributed by atoms with Crippen LogP contribution in [0.2, 0.25) is 0 Å². The van der Waals surface area contributed by atoms with Crippen LogP contribution in [0.3, 0.4) is 0 Å². The van der Waals surface area contributed by atoms with Crippen molar-refractivity contribution in [1.82, 2.24) is 0 Å². The molecule has 0 aliphatic heterocycles. The van der Waals surface area contributed by atoms with E-state index < -0.39 is 0 Å². The molecule has 0 spiro atoms. The van der Waals surface area contributed by atoms with E-state index in [1.807, 2.05) is 20.8 Å². The van der Waals surface area contributed by atoms with Gasteiger partial charge in [-0.2, -0.15) is 0 Å². The summed E-state index contributed by atoms with van der Waals surface area (Å²) in [4.78, 5) is 3.49. The van der Waals surface area contributed by atoms with Crippen LogP contribution >= 0.6 is 0 Å². The van der Waals surface area contributed by atoms with Crippen molar-refractivity contribution < 1.29 is 0 Å². The van der Waals surface area contributed by atoms with Crippen molar-refractivity contribution in [3.05, 3.63) is 0 Å². The van der Waals surface area contributed by atoms with Crippen LogP contribution in [0.4, 0.5) is 0 Å². The van der Waals surface area contributed by atoms with Crippen molar-refractivity contribution in [3.63, 3.8) is 0 Å². The van der Waals surface area contributed by atoms with Crippen LogP contribution in [-0.2, 0) is 0 Å². The van der Waals surface area contributed by atoms with Gasteiger partial charge in [0.25, 0.3) is 0 Å². The molecule has 0 fully saturated rings. The summed E-state index contributed by atoms with van der Waals surface area (Å²) in [6.07, 6.45) is 0. The largest absolute Gasteiger partial charge is 0.286 e. The van der Waals surface area contributed by atoms with Gasteiger partial charge in [0.15, 0.2) is 0 Å². The molecule has 0 saturated heterocycles. The molecule has 0 heterocycles. The monoisotopic (exact) mass is 112 g/mol. The Kier molecular flexibility index (Phi) is 1.90. The van der Waals surface area contributed by atoms with E-state index >= 15 is 0 Å². The number of amidine groups is 1. The highest BCUT2D eigenvalue weighted by molar-refractivity contribution is 5.87. The topological polar surface area (TPSA) is 36.2 Å². The minimum atomic E-state index is -0.137. The maximum Gasteiger partial charge on any atom is 0.125 e. The summed E-state index contributed by atoms with van der Waals surface area (Å²) in [5.74, 6) is 0.345. The molecule has 0 amide bonds. The molecule has 8 heavy (non-hydrogen) atoms. The standard InChI is InChI=1S/C6H12N2/c1-6(2,3)5(7)8-4/h7H,4H2,1-3H3. The summed E-state index contributed by atoms with van der Waals surface area (Å²) < 4.78 is 0. The van der Waals surface area contributed by atoms with E-state index in [1.165, 1.54) is 0 Å². The molecule has 1 N–H and O–H groups in total. The van der Waals surface area contributed by atoms with Gasteiger partial charge in [-0.3, -0.25) is 5.41 Å². The summed E-state index contributed by atoms with van der Waals surface area (Å²) in [5.41, 5.74) is -0.137. The molecule has 2 heteroatoms. The third kappa shape index (κ3) is 1.87. The first-order valence-electron chi connectivity index (χ1n) is 2.54. The molecule has 0 bridgehead atoms. The predicted molar refractivity (Wildman–Crippen MR) is 36.7 cm³/mol. The smallest absolute Gasteiger partial charge is 0.125 e. The maximum absolute atomic E-state index is 7.16. The second-order valence-electron chi connectivity index (χ2n) is 2.76. The van der Waals surface area contributed by atoms with Crippen molar-refractivity contribution >= 4 is 12.6 Å². The normalized spacial score (nSPS) is 10.9. The summed E-state index contributed by atoms with van der Waals surface area (Å²) in [6, 6.07) is 0. The lowest BCUT2D eigenvalue weighted by atomic mass is 9.96. The SMILES string of the molecule is C=NC(=N)C(C)(C)C. The predicted octanol–water partition coefficient (Wildman–Crippen LogP) is 1.71. The van der Waals surface area contributed by atoms with Gasteiger partial charge in [0.05, 0.1) is 0 Å². The number of hydrogen-bond donors (Lipinski definition) is 1. The third-order valence-corrected chi connectivity index (χ3v) is 0.869. The zero-order chi connectivity index (χ0) is 6.78. The van der Waals surface area contributed by atoms with Crippen molar-refractivity contribution in [1.29, 1.82) is 5.41 Å². The number of nitrogens with zero attached hydrogens (tertiary/aromatic N) is 1. The first kappa shape index (κ1) is 7.34. The van der Waals surface area contributed by atoms with Crippen LogP contribution in [0.15, 0.2) is 4.99 Å². The summed E-state index contributed by atoms with van der Waals surface area (Å²) in [5, 5.41) is 7.16. The highest BCUT2D eigenvalue weighted by Crippen LogP contribution is 2.14. The average Bonchev–Trinajstić information content (AvgIpc) is 1.62. The lowest BCUT2D eigenvalue weighted by molar-refractivity contribution is 0.582. The van der Waals surface area contributed by atoms with E-state index in [2.05, 4.69) is 11.7 Å². The minimum absolute atomic E-state index is 0.137. The van der Waals surface area contributed by atoms with Gasteiger partial charge >= 0.3 is 0 Å². The Morgan fingerprint density at radius 2 is 1.88 bits per heavy atom. The van der Waals surface area contributed by atoms with Crippen molar-refractivity contribution in [2.24, 2.45) is 10.4 Å². The third-order valence-electron chi connectivity index (χ3n) is 0.869. The fourth-order valence-electron chi connectivity index (χ4n) is 0.237. The Hall–Kier alpha value is -0.660. The van der Waals surface area contributed by atoms with E-state index in [1.54, 1.807) is 0 Å². The van der Waals surface area contributed by atoms with Crippen molar-refractivity contribution in [2.45, 2.75) is 20.8 Å². The van der Waals surface area contributed by atoms with Gasteiger partial charge in [-0.05, 0) is 6.72 Å². The Bertz CT molecular complexity index is 108. The fourth-order valence-corrected chi connectivity index (χ4v) is 0.237. The lowest BCUT2D eigenvalue weighted by Gasteiger charge is -2.14. The van der Waals surface area contributed by atoms with Gasteiger partial charge in [0, 0.05) is 5.41 Å². The molecule has 46 valence electrons. The number of nitrogens with one attached hydrogen (secondary N) is 1. The van der Waals surface area contributed by atoms with Crippen LogP contribution < -0.4 is 0 Å². The lowest BCUT2D eigenvalue weighted by Crippen LogP contribution is -2.16. The molecule has 0 atom stereocenters. The van der Waals surface area contributed by atoms with Gasteiger partial charge in [-0.15, -0.1) is 0 Å². The Labute approximate surface area is 50.1 Å². The van der Waals surface area contributed by atoms with E-state index in [4.69, 9.17) is 5.41 Å². The maximum atomic E-state index is 7.16. The molecular weight excluding hydrogens is 100 g/mol. The molecule has 0 aromatic heterocycles. The Morgan fingerprint density at radius 1 is 1.50 bits per heavy atom. The van der Waals surface area contributed by atoms with Gasteiger partial charge in [-0.25, -0.2) is 4.99 Å². The quantitative estimate of drug-likeness (QED) is 0.366. The first-order chi connectivity index (χ1) is 3.48. The van der Waals surface area contributed by atoms with Crippen LogP contribution in [-0.4, -0.2) is 12.6 Å². The summed E-state index contributed by atoms with van der Waals surface area (Å²) in [7, 11) is 0. The minimum Gasteiger partial charge on any atom is -0.286 e. The first-order valence-corrected chi connectivity index (χ1v) is 2.54. The van der Waals surface area contributed by atoms with Gasteiger partial charge in [-0.1, -0.05) is 20.8 Å². The molecule has 0 unspecified atom stereocenters. The second-order valence-corrected chi connectivity index (χ2v) is 2.76. The number of aliphatic imine (C=N–C) groups is 1. The summed E-state index contributed by atoms with van der Waals surface area (Å²) >= 11 is 0. The second kappa shape index (κ2) is 2.07. The van der Waals surface area contributed by atoms with E-state index in [0.29, 0.717) is 5.84 Å². The zero-order valence-electron chi connectivity index (χ0n) is 5.65. The van der Waals surface area contributed by atoms with Crippen LogP contribution in [0.25, 0.3) is 0 Å². The van der Waals surface area contributed by atoms with Gasteiger partial charge in [0.1, 0.15) is 5.84 Å². The molecule has 0 aromatic carbocycles. The fraction of sp³-hybridized carbons (Fsp3) is 0.667. The molecule has 0 saturated carbocycles. The molecule has 0 aliphatic rings. The van der Waals surface area contributed by atoms with Gasteiger partial charge in [0.2, 0.25) is 0 Å². The van der Waals surface area contributed by atoms with E-state index in [-0.39, 0.29) is 5.41 Å². The number of hydrogen-bond acceptors (Lipinski definition) is 1. The molecule has 0 radical (unpaired) electrons.